The minimum Gasteiger partial charge on any atom is -0.345 e. The van der Waals surface area contributed by atoms with E-state index in [0.717, 1.165) is 0 Å². The number of urea groups is 1. The molecular formula is C19H27N5O3. The number of aromatic nitrogens is 1. The maximum atomic E-state index is 13.0. The Morgan fingerprint density at radius 2 is 1.85 bits per heavy atom. The lowest BCUT2D eigenvalue weighted by molar-refractivity contribution is -0.126. The number of hydrogen-bond acceptors (Lipinski definition) is 4. The summed E-state index contributed by atoms with van der Waals surface area (Å²) in [5.41, 5.74) is -0.0772. The van der Waals surface area contributed by atoms with E-state index in [1.807, 2.05) is 13.8 Å². The Morgan fingerprint density at radius 3 is 2.44 bits per heavy atom. The van der Waals surface area contributed by atoms with E-state index in [2.05, 4.69) is 10.3 Å². The fourth-order valence-corrected chi connectivity index (χ4v) is 3.91. The quantitative estimate of drug-likeness (QED) is 0.831. The molecule has 0 bridgehead atoms. The molecule has 27 heavy (non-hydrogen) atoms. The molecule has 3 rings (SSSR count). The lowest BCUT2D eigenvalue weighted by Crippen LogP contribution is -2.49. The van der Waals surface area contributed by atoms with Crippen molar-refractivity contribution in [1.29, 1.82) is 0 Å². The maximum absolute atomic E-state index is 13.0. The van der Waals surface area contributed by atoms with E-state index >= 15 is 0 Å². The van der Waals surface area contributed by atoms with E-state index in [-0.39, 0.29) is 23.9 Å². The number of hydrogen-bond donors (Lipinski definition) is 1. The smallest absolute Gasteiger partial charge is 0.317 e. The van der Waals surface area contributed by atoms with Crippen LogP contribution < -0.4 is 5.32 Å². The Bertz CT molecular complexity index is 723. The van der Waals surface area contributed by atoms with Gasteiger partial charge in [0, 0.05) is 63.8 Å². The van der Waals surface area contributed by atoms with Crippen molar-refractivity contribution in [2.24, 2.45) is 5.41 Å². The van der Waals surface area contributed by atoms with Crippen LogP contribution in [0.25, 0.3) is 0 Å². The molecule has 0 aromatic carbocycles. The Balaban J connectivity index is 1.85. The normalized spacial score (nSPS) is 23.1. The molecule has 0 radical (unpaired) electrons. The minimum absolute atomic E-state index is 0.0239. The maximum Gasteiger partial charge on any atom is 0.317 e. The second kappa shape index (κ2) is 7.54. The standard InChI is InChI=1S/C19H27N5O3/c1-14(2)21-18(27)24-9-8-23(17(26)15-6-4-5-7-20-15)12-19(13-24)10-16(25)22(3)11-19/h4-7,14H,8-13H2,1-3H3,(H,21,27)/t19-/m0/s1. The van der Waals surface area contributed by atoms with Gasteiger partial charge in [0.2, 0.25) is 5.91 Å². The largest absolute Gasteiger partial charge is 0.345 e. The molecule has 2 saturated heterocycles. The molecule has 4 amide bonds. The highest BCUT2D eigenvalue weighted by molar-refractivity contribution is 5.92. The molecule has 8 heteroatoms. The molecule has 0 saturated carbocycles. The van der Waals surface area contributed by atoms with E-state index in [4.69, 9.17) is 0 Å². The second-order valence-corrected chi connectivity index (χ2v) is 7.89. The van der Waals surface area contributed by atoms with E-state index in [1.54, 1.807) is 46.1 Å². The van der Waals surface area contributed by atoms with E-state index in [9.17, 15) is 14.4 Å². The van der Waals surface area contributed by atoms with Crippen LogP contribution in [0.3, 0.4) is 0 Å². The summed E-state index contributed by atoms with van der Waals surface area (Å²) in [7, 11) is 1.77. The van der Waals surface area contributed by atoms with E-state index < -0.39 is 5.41 Å². The van der Waals surface area contributed by atoms with Gasteiger partial charge in [-0.2, -0.15) is 0 Å². The molecule has 1 aromatic rings. The highest BCUT2D eigenvalue weighted by Gasteiger charge is 2.47. The number of rotatable bonds is 2. The third kappa shape index (κ3) is 4.20. The Hall–Kier alpha value is -2.64. The van der Waals surface area contributed by atoms with Gasteiger partial charge in [0.1, 0.15) is 5.69 Å². The van der Waals surface area contributed by atoms with Crippen LogP contribution in [0.15, 0.2) is 24.4 Å². The molecule has 2 aliphatic rings. The lowest BCUT2D eigenvalue weighted by Gasteiger charge is -2.33. The van der Waals surface area contributed by atoms with E-state index in [1.165, 1.54) is 0 Å². The summed E-state index contributed by atoms with van der Waals surface area (Å²) in [6.45, 7) is 6.09. The van der Waals surface area contributed by atoms with Gasteiger partial charge in [-0.1, -0.05) is 6.07 Å². The van der Waals surface area contributed by atoms with Crippen molar-refractivity contribution in [1.82, 2.24) is 25.0 Å². The zero-order valence-corrected chi connectivity index (χ0v) is 16.1. The van der Waals surface area contributed by atoms with Crippen molar-refractivity contribution in [3.8, 4) is 0 Å². The van der Waals surface area contributed by atoms with Gasteiger partial charge in [-0.25, -0.2) is 4.79 Å². The first kappa shape index (κ1) is 19.1. The molecule has 1 N–H and O–H groups in total. The number of likely N-dealkylation sites (tertiary alicyclic amines) is 1. The summed E-state index contributed by atoms with van der Waals surface area (Å²) < 4.78 is 0. The molecular weight excluding hydrogens is 346 g/mol. The Kier molecular flexibility index (Phi) is 5.34. The monoisotopic (exact) mass is 373 g/mol. The highest BCUT2D eigenvalue weighted by Crippen LogP contribution is 2.34. The summed E-state index contributed by atoms with van der Waals surface area (Å²) >= 11 is 0. The third-order valence-corrected chi connectivity index (χ3v) is 5.09. The van der Waals surface area contributed by atoms with Crippen molar-refractivity contribution in [2.75, 3.05) is 39.8 Å². The second-order valence-electron chi connectivity index (χ2n) is 7.89. The van der Waals surface area contributed by atoms with Gasteiger partial charge in [-0.05, 0) is 26.0 Å². The molecule has 146 valence electrons. The van der Waals surface area contributed by atoms with Gasteiger partial charge in [0.25, 0.3) is 5.91 Å². The number of carbonyl (C=O) groups is 3. The first-order valence-electron chi connectivity index (χ1n) is 9.29. The van der Waals surface area contributed by atoms with Crippen LogP contribution in [0.5, 0.6) is 0 Å². The zero-order valence-electron chi connectivity index (χ0n) is 16.1. The molecule has 0 aliphatic carbocycles. The SMILES string of the molecule is CC(C)NC(=O)N1CCN(C(=O)c2ccccn2)C[C@@]2(CC(=O)N(C)C2)C1. The summed E-state index contributed by atoms with van der Waals surface area (Å²) in [6, 6.07) is 5.11. The fourth-order valence-electron chi connectivity index (χ4n) is 3.91. The van der Waals surface area contributed by atoms with Crippen molar-refractivity contribution in [2.45, 2.75) is 26.3 Å². The number of nitrogens with zero attached hydrogens (tertiary/aromatic N) is 4. The van der Waals surface area contributed by atoms with E-state index in [0.29, 0.717) is 44.8 Å². The summed E-state index contributed by atoms with van der Waals surface area (Å²) in [6.07, 6.45) is 1.93. The highest BCUT2D eigenvalue weighted by atomic mass is 16.2. The average Bonchev–Trinajstić information content (AvgIpc) is 2.79. The Morgan fingerprint density at radius 1 is 1.15 bits per heavy atom. The number of pyridine rings is 1. The van der Waals surface area contributed by atoms with Crippen molar-refractivity contribution < 1.29 is 14.4 Å². The van der Waals surface area contributed by atoms with Crippen molar-refractivity contribution >= 4 is 17.8 Å². The van der Waals surface area contributed by atoms with Gasteiger partial charge in [-0.3, -0.25) is 14.6 Å². The third-order valence-electron chi connectivity index (χ3n) is 5.09. The van der Waals surface area contributed by atoms with Crippen LogP contribution in [0.2, 0.25) is 0 Å². The van der Waals surface area contributed by atoms with Gasteiger partial charge in [-0.15, -0.1) is 0 Å². The molecule has 2 fully saturated rings. The number of amides is 4. The van der Waals surface area contributed by atoms with Crippen LogP contribution in [0.1, 0.15) is 30.8 Å². The summed E-state index contributed by atoms with van der Waals surface area (Å²) in [5.74, 6) is -0.116. The minimum atomic E-state index is -0.457. The van der Waals surface area contributed by atoms with Gasteiger partial charge in [0.05, 0.1) is 0 Å². The van der Waals surface area contributed by atoms with Gasteiger partial charge < -0.3 is 20.0 Å². The van der Waals surface area contributed by atoms with Gasteiger partial charge >= 0.3 is 6.03 Å². The summed E-state index contributed by atoms with van der Waals surface area (Å²) in [5, 5.41) is 2.92. The van der Waals surface area contributed by atoms with Crippen LogP contribution in [-0.2, 0) is 4.79 Å². The lowest BCUT2D eigenvalue weighted by atomic mass is 9.86. The molecule has 1 atom stereocenters. The topological polar surface area (TPSA) is 85.9 Å². The first-order valence-corrected chi connectivity index (χ1v) is 9.29. The van der Waals surface area contributed by atoms with Crippen molar-refractivity contribution in [3.05, 3.63) is 30.1 Å². The molecule has 1 aromatic heterocycles. The molecule has 0 unspecified atom stereocenters. The zero-order chi connectivity index (χ0) is 19.6. The van der Waals surface area contributed by atoms with Gasteiger partial charge in [0.15, 0.2) is 0 Å². The molecule has 8 nitrogen and oxygen atoms in total. The van der Waals surface area contributed by atoms with Crippen LogP contribution in [0.4, 0.5) is 4.79 Å². The predicted octanol–water partition coefficient (Wildman–Crippen LogP) is 0.806. The van der Waals surface area contributed by atoms with Crippen LogP contribution in [0, 0.1) is 5.41 Å². The van der Waals surface area contributed by atoms with Crippen molar-refractivity contribution in [3.63, 3.8) is 0 Å². The molecule has 2 aliphatic heterocycles. The number of nitrogens with one attached hydrogen (secondary N) is 1. The average molecular weight is 373 g/mol. The summed E-state index contributed by atoms with van der Waals surface area (Å²) in [4.78, 5) is 47.1. The Labute approximate surface area is 159 Å². The predicted molar refractivity (Wildman–Crippen MR) is 100 cm³/mol. The first-order chi connectivity index (χ1) is 12.8. The number of carbonyl (C=O) groups excluding carboxylic acids is 3. The molecule has 3 heterocycles. The fraction of sp³-hybridized carbons (Fsp3) is 0.579. The van der Waals surface area contributed by atoms with Crippen LogP contribution >= 0.6 is 0 Å². The molecule has 1 spiro atoms. The van der Waals surface area contributed by atoms with Crippen LogP contribution in [-0.4, -0.2) is 83.3 Å².